The van der Waals surface area contributed by atoms with Gasteiger partial charge in [-0.25, -0.2) is 4.79 Å². The number of hydrogen-bond acceptors (Lipinski definition) is 9. The van der Waals surface area contributed by atoms with Gasteiger partial charge in [0.15, 0.2) is 0 Å². The van der Waals surface area contributed by atoms with Crippen LogP contribution in [0.4, 0.5) is 5.00 Å². The average molecular weight is 448 g/mol. The number of aromatic nitrogens is 4. The fraction of sp³-hybridized carbons (Fsp3) is 0.421. The lowest BCUT2D eigenvalue weighted by molar-refractivity contribution is -0.113. The second-order valence-corrected chi connectivity index (χ2v) is 8.87. The van der Waals surface area contributed by atoms with Crippen LogP contribution in [0.1, 0.15) is 45.2 Å². The van der Waals surface area contributed by atoms with Gasteiger partial charge in [0, 0.05) is 16.8 Å². The van der Waals surface area contributed by atoms with Crippen molar-refractivity contribution in [2.75, 3.05) is 18.2 Å². The Morgan fingerprint density at radius 1 is 1.33 bits per heavy atom. The molecule has 1 aliphatic rings. The molecule has 0 spiro atoms. The molecular formula is C19H21N5O4S2. The number of methoxy groups -OCH3 is 1. The Labute approximate surface area is 181 Å². The normalized spacial score (nSPS) is 13.1. The van der Waals surface area contributed by atoms with E-state index in [-0.39, 0.29) is 11.7 Å². The molecule has 4 rings (SSSR count). The Hall–Kier alpha value is -2.66. The quantitative estimate of drug-likeness (QED) is 0.434. The first-order chi connectivity index (χ1) is 14.5. The molecule has 0 fully saturated rings. The van der Waals surface area contributed by atoms with E-state index in [1.165, 1.54) is 18.4 Å². The highest BCUT2D eigenvalue weighted by Crippen LogP contribution is 2.38. The molecule has 0 atom stereocenters. The number of hydrogen-bond donors (Lipinski definition) is 1. The molecule has 0 unspecified atom stereocenters. The number of ether oxygens (including phenoxy) is 1. The number of aryl methyl sites for hydroxylation is 2. The lowest BCUT2D eigenvalue weighted by Gasteiger charge is -2.11. The zero-order valence-corrected chi connectivity index (χ0v) is 18.3. The van der Waals surface area contributed by atoms with Gasteiger partial charge in [-0.05, 0) is 44.2 Å². The Morgan fingerprint density at radius 2 is 2.17 bits per heavy atom. The first kappa shape index (κ1) is 20.6. The summed E-state index contributed by atoms with van der Waals surface area (Å²) in [4.78, 5) is 25.9. The van der Waals surface area contributed by atoms with E-state index in [4.69, 9.17) is 9.15 Å². The minimum atomic E-state index is -0.409. The minimum Gasteiger partial charge on any atom is -0.465 e. The van der Waals surface area contributed by atoms with Crippen molar-refractivity contribution in [3.63, 3.8) is 0 Å². The number of fused-ring (bicyclic) bond motifs is 1. The van der Waals surface area contributed by atoms with E-state index in [1.807, 2.05) is 13.0 Å². The number of anilines is 1. The van der Waals surface area contributed by atoms with Crippen molar-refractivity contribution in [2.24, 2.45) is 0 Å². The van der Waals surface area contributed by atoms with E-state index in [2.05, 4.69) is 20.6 Å². The molecule has 1 aliphatic carbocycles. The summed E-state index contributed by atoms with van der Waals surface area (Å²) in [6.07, 6.45) is 5.59. The first-order valence-corrected chi connectivity index (χ1v) is 11.3. The van der Waals surface area contributed by atoms with Crippen LogP contribution in [0.25, 0.3) is 0 Å². The smallest absolute Gasteiger partial charge is 0.341 e. The number of nitrogens with zero attached hydrogens (tertiary/aromatic N) is 4. The van der Waals surface area contributed by atoms with Crippen LogP contribution in [0, 0.1) is 6.92 Å². The lowest BCUT2D eigenvalue weighted by atomic mass is 9.95. The Kier molecular flexibility index (Phi) is 6.18. The standard InChI is InChI=1S/C19H21N5O4S2/c1-11-7-8-20-24(11)9-15-22-23-19(28-15)29-10-14(25)21-17-16(18(26)27-2)12-5-3-4-6-13(12)30-17/h7-8H,3-6,9-10H2,1-2H3,(H,21,25). The van der Waals surface area contributed by atoms with Gasteiger partial charge in [0.25, 0.3) is 5.22 Å². The van der Waals surface area contributed by atoms with Crippen LogP contribution in [0.15, 0.2) is 21.9 Å². The summed E-state index contributed by atoms with van der Waals surface area (Å²) >= 11 is 2.61. The summed E-state index contributed by atoms with van der Waals surface area (Å²) in [5, 5.41) is 15.9. The highest BCUT2D eigenvalue weighted by Gasteiger charge is 2.27. The molecule has 158 valence electrons. The SMILES string of the molecule is COC(=O)c1c(NC(=O)CSc2nnc(Cn3nccc3C)o2)sc2c1CCCC2. The van der Waals surface area contributed by atoms with E-state index < -0.39 is 5.97 Å². The maximum absolute atomic E-state index is 12.5. The first-order valence-electron chi connectivity index (χ1n) is 9.51. The molecule has 0 saturated carbocycles. The monoisotopic (exact) mass is 447 g/mol. The Morgan fingerprint density at radius 3 is 2.93 bits per heavy atom. The van der Waals surface area contributed by atoms with Gasteiger partial charge in [0.2, 0.25) is 11.8 Å². The van der Waals surface area contributed by atoms with E-state index in [1.54, 1.807) is 10.9 Å². The van der Waals surface area contributed by atoms with Crippen molar-refractivity contribution < 1.29 is 18.7 Å². The van der Waals surface area contributed by atoms with Gasteiger partial charge in [0.05, 0.1) is 18.4 Å². The van der Waals surface area contributed by atoms with Crippen LogP contribution < -0.4 is 5.32 Å². The second-order valence-electron chi connectivity index (χ2n) is 6.84. The average Bonchev–Trinajstić information content (AvgIpc) is 3.45. The van der Waals surface area contributed by atoms with Gasteiger partial charge in [-0.1, -0.05) is 11.8 Å². The lowest BCUT2D eigenvalue weighted by Crippen LogP contribution is -2.16. The molecule has 1 amide bonds. The van der Waals surface area contributed by atoms with Crippen LogP contribution in [0.2, 0.25) is 0 Å². The molecule has 3 heterocycles. The third-order valence-electron chi connectivity index (χ3n) is 4.80. The predicted molar refractivity (Wildman–Crippen MR) is 112 cm³/mol. The maximum Gasteiger partial charge on any atom is 0.341 e. The molecule has 30 heavy (non-hydrogen) atoms. The number of thioether (sulfide) groups is 1. The topological polar surface area (TPSA) is 112 Å². The van der Waals surface area contributed by atoms with Gasteiger partial charge in [0.1, 0.15) is 11.5 Å². The number of carbonyl (C=O) groups is 2. The number of carbonyl (C=O) groups excluding carboxylic acids is 2. The highest BCUT2D eigenvalue weighted by atomic mass is 32.2. The van der Waals surface area contributed by atoms with Crippen LogP contribution in [-0.4, -0.2) is 44.7 Å². The summed E-state index contributed by atoms with van der Waals surface area (Å²) < 4.78 is 12.3. The van der Waals surface area contributed by atoms with Gasteiger partial charge < -0.3 is 14.5 Å². The highest BCUT2D eigenvalue weighted by molar-refractivity contribution is 7.99. The fourth-order valence-electron chi connectivity index (χ4n) is 3.31. The number of rotatable bonds is 7. The van der Waals surface area contributed by atoms with Gasteiger partial charge in [-0.15, -0.1) is 21.5 Å². The van der Waals surface area contributed by atoms with Crippen molar-refractivity contribution in [3.05, 3.63) is 39.9 Å². The second kappa shape index (κ2) is 9.00. The number of esters is 1. The number of thiophene rings is 1. The summed E-state index contributed by atoms with van der Waals surface area (Å²) in [7, 11) is 1.36. The van der Waals surface area contributed by atoms with Crippen LogP contribution in [0.5, 0.6) is 0 Å². The van der Waals surface area contributed by atoms with Crippen molar-refractivity contribution in [1.29, 1.82) is 0 Å². The largest absolute Gasteiger partial charge is 0.465 e. The van der Waals surface area contributed by atoms with E-state index in [9.17, 15) is 9.59 Å². The summed E-state index contributed by atoms with van der Waals surface area (Å²) in [5.74, 6) is -0.145. The molecule has 3 aromatic heterocycles. The molecule has 0 bridgehead atoms. The van der Waals surface area contributed by atoms with E-state index in [0.29, 0.717) is 28.2 Å². The zero-order chi connectivity index (χ0) is 21.1. The molecule has 11 heteroatoms. The van der Waals surface area contributed by atoms with Gasteiger partial charge in [-0.2, -0.15) is 5.10 Å². The molecule has 0 saturated heterocycles. The van der Waals surface area contributed by atoms with E-state index in [0.717, 1.165) is 53.6 Å². The predicted octanol–water partition coefficient (Wildman–Crippen LogP) is 3.08. The number of amides is 1. The minimum absolute atomic E-state index is 0.0889. The summed E-state index contributed by atoms with van der Waals surface area (Å²) in [6.45, 7) is 2.32. The molecule has 9 nitrogen and oxygen atoms in total. The Balaban J connectivity index is 1.38. The molecule has 0 aliphatic heterocycles. The zero-order valence-electron chi connectivity index (χ0n) is 16.6. The fourth-order valence-corrected chi connectivity index (χ4v) is 5.19. The van der Waals surface area contributed by atoms with Crippen molar-refractivity contribution in [1.82, 2.24) is 20.0 Å². The van der Waals surface area contributed by atoms with Crippen molar-refractivity contribution >= 4 is 40.0 Å². The summed E-state index contributed by atoms with van der Waals surface area (Å²) in [6, 6.07) is 1.89. The molecule has 3 aromatic rings. The third-order valence-corrected chi connectivity index (χ3v) is 6.83. The molecule has 0 radical (unpaired) electrons. The molecular weight excluding hydrogens is 426 g/mol. The maximum atomic E-state index is 12.5. The number of nitrogens with one attached hydrogen (secondary N) is 1. The van der Waals surface area contributed by atoms with E-state index >= 15 is 0 Å². The van der Waals surface area contributed by atoms with Gasteiger partial charge in [-0.3, -0.25) is 9.48 Å². The molecule has 1 N–H and O–H groups in total. The Bertz CT molecular complexity index is 1070. The third kappa shape index (κ3) is 4.41. The van der Waals surface area contributed by atoms with Crippen molar-refractivity contribution in [2.45, 2.75) is 44.4 Å². The van der Waals surface area contributed by atoms with Crippen LogP contribution in [0.3, 0.4) is 0 Å². The summed E-state index contributed by atoms with van der Waals surface area (Å²) in [5.41, 5.74) is 2.49. The van der Waals surface area contributed by atoms with Crippen LogP contribution >= 0.6 is 23.1 Å². The van der Waals surface area contributed by atoms with Crippen LogP contribution in [-0.2, 0) is 28.9 Å². The molecule has 0 aromatic carbocycles. The van der Waals surface area contributed by atoms with Gasteiger partial charge >= 0.3 is 5.97 Å². The van der Waals surface area contributed by atoms with Crippen molar-refractivity contribution in [3.8, 4) is 0 Å².